The highest BCUT2D eigenvalue weighted by atomic mass is 35.9. The number of nitrogens with zero attached hydrogens (tertiary/aromatic N) is 3. The Bertz CT molecular complexity index is 962. The number of ether oxygens (including phenoxy) is 2. The standard InChI is InChI=1S/C14H14Cl4N3O2P3S2/c1-22-11-3-7-13(8-4-11)27-26(20-24(15,16)19-25(17,18)21-26)28-14-9-5-12(23-2)6-10-14/h3-10H,1-2H3. The van der Waals surface area contributed by atoms with Crippen molar-refractivity contribution in [2.75, 3.05) is 14.2 Å². The van der Waals surface area contributed by atoms with Crippen molar-refractivity contribution in [1.29, 1.82) is 0 Å². The van der Waals surface area contributed by atoms with Crippen molar-refractivity contribution in [3.63, 3.8) is 0 Å². The minimum atomic E-state index is -3.04. The highest BCUT2D eigenvalue weighted by molar-refractivity contribution is 8.91. The lowest BCUT2D eigenvalue weighted by Gasteiger charge is -2.25. The van der Waals surface area contributed by atoms with Crippen LogP contribution in [0.4, 0.5) is 0 Å². The second-order valence-electron chi connectivity index (χ2n) is 5.20. The van der Waals surface area contributed by atoms with E-state index < -0.39 is 17.4 Å². The average molecular weight is 555 g/mol. The Hall–Kier alpha value is 0.590. The monoisotopic (exact) mass is 553 g/mol. The summed E-state index contributed by atoms with van der Waals surface area (Å²) >= 11 is 28.4. The van der Waals surface area contributed by atoms with E-state index in [1.54, 1.807) is 14.2 Å². The zero-order chi connectivity index (χ0) is 20.4. The van der Waals surface area contributed by atoms with Gasteiger partial charge in [-0.2, -0.15) is 13.5 Å². The van der Waals surface area contributed by atoms with E-state index in [4.69, 9.17) is 54.4 Å². The summed E-state index contributed by atoms with van der Waals surface area (Å²) in [7, 11) is 3.23. The fourth-order valence-electron chi connectivity index (χ4n) is 2.09. The molecule has 2 aromatic rings. The molecule has 5 nitrogen and oxygen atoms in total. The van der Waals surface area contributed by atoms with Crippen LogP contribution in [0.15, 0.2) is 71.9 Å². The van der Waals surface area contributed by atoms with Gasteiger partial charge in [0.1, 0.15) is 11.5 Å². The van der Waals surface area contributed by atoms with Crippen molar-refractivity contribution in [3.05, 3.63) is 48.5 Å². The highest BCUT2D eigenvalue weighted by Gasteiger charge is 2.35. The molecule has 0 bridgehead atoms. The van der Waals surface area contributed by atoms with E-state index in [-0.39, 0.29) is 0 Å². The van der Waals surface area contributed by atoms with Gasteiger partial charge < -0.3 is 9.47 Å². The van der Waals surface area contributed by atoms with Gasteiger partial charge in [-0.25, -0.2) is 0 Å². The van der Waals surface area contributed by atoms with Crippen LogP contribution in [0.3, 0.4) is 0 Å². The van der Waals surface area contributed by atoms with Gasteiger partial charge in [0.05, 0.1) is 14.2 Å². The lowest BCUT2D eigenvalue weighted by molar-refractivity contribution is 0.414. The summed E-state index contributed by atoms with van der Waals surface area (Å²) in [5, 5.41) is 0. The van der Waals surface area contributed by atoms with Crippen molar-refractivity contribution < 1.29 is 9.47 Å². The Morgan fingerprint density at radius 1 is 0.643 bits per heavy atom. The zero-order valence-corrected chi connectivity index (χ0v) is 21.8. The first-order valence-electron chi connectivity index (χ1n) is 7.52. The van der Waals surface area contributed by atoms with E-state index in [1.165, 1.54) is 22.8 Å². The lowest BCUT2D eigenvalue weighted by atomic mass is 10.3. The molecule has 1 aliphatic heterocycles. The first kappa shape index (κ1) is 23.3. The molecule has 152 valence electrons. The second-order valence-corrected chi connectivity index (χ2v) is 23.0. The number of hydrogen-bond acceptors (Lipinski definition) is 7. The third-order valence-electron chi connectivity index (χ3n) is 3.22. The summed E-state index contributed by atoms with van der Waals surface area (Å²) in [6.45, 7) is 0. The summed E-state index contributed by atoms with van der Waals surface area (Å²) in [5.41, 5.74) is -2.65. The van der Waals surface area contributed by atoms with Crippen LogP contribution in [0.2, 0.25) is 0 Å². The maximum Gasteiger partial charge on any atom is 0.257 e. The lowest BCUT2D eigenvalue weighted by Crippen LogP contribution is -1.82. The van der Waals surface area contributed by atoms with Gasteiger partial charge in [-0.1, -0.05) is 0 Å². The van der Waals surface area contributed by atoms with E-state index in [1.807, 2.05) is 48.5 Å². The smallest absolute Gasteiger partial charge is 0.257 e. The molecule has 14 heteroatoms. The highest BCUT2D eigenvalue weighted by Crippen LogP contribution is 2.92. The Balaban J connectivity index is 2.07. The number of rotatable bonds is 6. The molecule has 0 amide bonds. The number of methoxy groups -OCH3 is 2. The van der Waals surface area contributed by atoms with Crippen molar-refractivity contribution >= 4 is 85.2 Å². The quantitative estimate of drug-likeness (QED) is 0.333. The zero-order valence-electron chi connectivity index (χ0n) is 14.4. The fraction of sp³-hybridized carbons (Fsp3) is 0.143. The summed E-state index contributed by atoms with van der Waals surface area (Å²) in [6.07, 6.45) is 0. The molecule has 0 atom stereocenters. The normalized spacial score (nSPS) is 18.9. The Morgan fingerprint density at radius 2 is 1.04 bits per heavy atom. The van der Waals surface area contributed by atoms with Gasteiger partial charge in [-0.05, 0) is 116 Å². The second kappa shape index (κ2) is 9.39. The molecule has 0 aromatic heterocycles. The van der Waals surface area contributed by atoms with Gasteiger partial charge in [0.15, 0.2) is 0 Å². The van der Waals surface area contributed by atoms with Crippen LogP contribution in [0.1, 0.15) is 0 Å². The third kappa shape index (κ3) is 6.30. The van der Waals surface area contributed by atoms with Crippen molar-refractivity contribution in [2.45, 2.75) is 9.79 Å². The van der Waals surface area contributed by atoms with Gasteiger partial charge >= 0.3 is 0 Å². The molecule has 0 saturated carbocycles. The maximum absolute atomic E-state index is 6.37. The molecular formula is C14H14Cl4N3O2P3S2. The first-order chi connectivity index (χ1) is 13.1. The van der Waals surface area contributed by atoms with E-state index in [0.717, 1.165) is 21.3 Å². The SMILES string of the molecule is COc1ccc(SP2(Sc3ccc(OC)cc3)=NP(Cl)(Cl)=NP(Cl)(Cl)=N2)cc1. The largest absolute Gasteiger partial charge is 0.497 e. The average Bonchev–Trinajstić information content (AvgIpc) is 2.60. The molecular weight excluding hydrogens is 541 g/mol. The van der Waals surface area contributed by atoms with Gasteiger partial charge in [0.2, 0.25) is 5.61 Å². The Kier molecular flexibility index (Phi) is 7.80. The Labute approximate surface area is 191 Å². The van der Waals surface area contributed by atoms with Crippen molar-refractivity contribution in [2.24, 2.45) is 13.5 Å². The summed E-state index contributed by atoms with van der Waals surface area (Å²) < 4.78 is 23.8. The van der Waals surface area contributed by atoms with Crippen LogP contribution >= 0.6 is 85.2 Å². The van der Waals surface area contributed by atoms with E-state index >= 15 is 0 Å². The fourth-order valence-corrected chi connectivity index (χ4v) is 29.1. The van der Waals surface area contributed by atoms with Gasteiger partial charge in [0.25, 0.3) is 11.8 Å². The molecule has 28 heavy (non-hydrogen) atoms. The van der Waals surface area contributed by atoms with Crippen LogP contribution in [-0.4, -0.2) is 14.2 Å². The topological polar surface area (TPSA) is 55.5 Å². The number of benzene rings is 2. The molecule has 1 aliphatic rings. The number of hydrogen-bond donors (Lipinski definition) is 0. The van der Waals surface area contributed by atoms with Gasteiger partial charge in [-0.15, -0.1) is 0 Å². The third-order valence-corrected chi connectivity index (χ3v) is 21.4. The number of halogens is 4. The molecule has 0 aliphatic carbocycles. The Morgan fingerprint density at radius 3 is 1.39 bits per heavy atom. The summed E-state index contributed by atoms with van der Waals surface area (Å²) in [4.78, 5) is 1.84. The molecule has 0 radical (unpaired) electrons. The first-order valence-corrected chi connectivity index (χ1v) is 19.1. The summed E-state index contributed by atoms with van der Waals surface area (Å²) in [5.74, 6) is -4.58. The van der Waals surface area contributed by atoms with Crippen LogP contribution in [0.25, 0.3) is 0 Å². The van der Waals surface area contributed by atoms with Crippen molar-refractivity contribution in [3.8, 4) is 11.5 Å². The van der Waals surface area contributed by atoms with E-state index in [9.17, 15) is 0 Å². The molecule has 1 heterocycles. The van der Waals surface area contributed by atoms with Crippen LogP contribution < -0.4 is 9.47 Å². The minimum Gasteiger partial charge on any atom is -0.497 e. The van der Waals surface area contributed by atoms with Crippen molar-refractivity contribution in [1.82, 2.24) is 0 Å². The molecule has 0 spiro atoms. The molecule has 2 aromatic carbocycles. The van der Waals surface area contributed by atoms with E-state index in [2.05, 4.69) is 13.5 Å². The van der Waals surface area contributed by atoms with Gasteiger partial charge in [-0.3, -0.25) is 0 Å². The summed E-state index contributed by atoms with van der Waals surface area (Å²) in [6, 6.07) is 15.1. The van der Waals surface area contributed by atoms with Crippen LogP contribution in [0.5, 0.6) is 11.5 Å². The molecule has 0 fully saturated rings. The predicted octanol–water partition coefficient (Wildman–Crippen LogP) is 10.4. The molecule has 3 rings (SSSR count). The van der Waals surface area contributed by atoms with E-state index in [0.29, 0.717) is 0 Å². The maximum atomic E-state index is 6.37. The van der Waals surface area contributed by atoms with Gasteiger partial charge in [0, 0.05) is 9.79 Å². The predicted molar refractivity (Wildman–Crippen MR) is 129 cm³/mol. The molecule has 0 saturated heterocycles. The van der Waals surface area contributed by atoms with Crippen LogP contribution in [0, 0.1) is 0 Å². The molecule has 0 N–H and O–H groups in total. The van der Waals surface area contributed by atoms with Crippen LogP contribution in [-0.2, 0) is 0 Å². The minimum absolute atomic E-state index is 0.750. The molecule has 0 unspecified atom stereocenters.